The quantitative estimate of drug-likeness (QED) is 0.796. The Morgan fingerprint density at radius 1 is 1.46 bits per heavy atom. The van der Waals surface area contributed by atoms with Crippen molar-refractivity contribution in [3.05, 3.63) is 52.3 Å². The van der Waals surface area contributed by atoms with Crippen molar-refractivity contribution >= 4 is 21.8 Å². The van der Waals surface area contributed by atoms with Crippen molar-refractivity contribution in [1.29, 1.82) is 0 Å². The summed E-state index contributed by atoms with van der Waals surface area (Å²) < 4.78 is 2.79. The van der Waals surface area contributed by atoms with Gasteiger partial charge in [-0.05, 0) is 37.6 Å². The third-order valence-corrected chi connectivity index (χ3v) is 5.45. The van der Waals surface area contributed by atoms with Crippen LogP contribution in [0.15, 0.2) is 41.1 Å². The molecule has 0 aliphatic heterocycles. The van der Waals surface area contributed by atoms with E-state index < -0.39 is 0 Å². The highest BCUT2D eigenvalue weighted by Gasteiger charge is 2.39. The molecule has 2 N–H and O–H groups in total. The summed E-state index contributed by atoms with van der Waals surface area (Å²) in [5.74, 6) is -0.00762. The van der Waals surface area contributed by atoms with Crippen LogP contribution in [0.5, 0.6) is 0 Å². The van der Waals surface area contributed by atoms with Crippen molar-refractivity contribution in [3.8, 4) is 0 Å². The Hall–Kier alpha value is -1.66. The molecule has 1 heterocycles. The van der Waals surface area contributed by atoms with Gasteiger partial charge in [-0.15, -0.1) is 0 Å². The lowest BCUT2D eigenvalue weighted by Gasteiger charge is -2.43. The number of nitrogens with one attached hydrogen (secondary N) is 2. The molecule has 0 spiro atoms. The summed E-state index contributed by atoms with van der Waals surface area (Å²) in [7, 11) is 3.65. The lowest BCUT2D eigenvalue weighted by atomic mass is 9.64. The summed E-state index contributed by atoms with van der Waals surface area (Å²) in [6.07, 6.45) is 7.03. The average Bonchev–Trinajstić information content (AvgIpc) is 2.93. The molecule has 1 aliphatic carbocycles. The van der Waals surface area contributed by atoms with E-state index in [0.29, 0.717) is 6.54 Å². The summed E-state index contributed by atoms with van der Waals surface area (Å²) in [5, 5.41) is 10.4. The topological polar surface area (TPSA) is 59.0 Å². The SMILES string of the molecule is CNC(C(=O)NCC1(c2cccc(Br)c2)CCC1)c1cnn(C)c1. The number of carbonyl (C=O) groups excluding carboxylic acids is 1. The van der Waals surface area contributed by atoms with Crippen molar-refractivity contribution in [2.45, 2.75) is 30.7 Å². The first-order valence-electron chi connectivity index (χ1n) is 8.24. The second kappa shape index (κ2) is 7.07. The van der Waals surface area contributed by atoms with Gasteiger partial charge in [0.1, 0.15) is 6.04 Å². The molecule has 3 rings (SSSR count). The molecule has 5 nitrogen and oxygen atoms in total. The van der Waals surface area contributed by atoms with E-state index >= 15 is 0 Å². The van der Waals surface area contributed by atoms with Crippen LogP contribution < -0.4 is 10.6 Å². The predicted molar refractivity (Wildman–Crippen MR) is 97.7 cm³/mol. The zero-order chi connectivity index (χ0) is 17.2. The fraction of sp³-hybridized carbons (Fsp3) is 0.444. The predicted octanol–water partition coefficient (Wildman–Crippen LogP) is 2.68. The number of hydrogen-bond acceptors (Lipinski definition) is 3. The number of likely N-dealkylation sites (N-methyl/N-ethyl adjacent to an activating group) is 1. The maximum Gasteiger partial charge on any atom is 0.241 e. The number of nitrogens with zero attached hydrogens (tertiary/aromatic N) is 2. The number of halogens is 1. The van der Waals surface area contributed by atoms with Crippen molar-refractivity contribution < 1.29 is 4.79 Å². The van der Waals surface area contributed by atoms with E-state index in [4.69, 9.17) is 0 Å². The van der Waals surface area contributed by atoms with Gasteiger partial charge < -0.3 is 10.6 Å². The number of carbonyl (C=O) groups is 1. The van der Waals surface area contributed by atoms with E-state index in [1.165, 1.54) is 12.0 Å². The molecule has 0 radical (unpaired) electrons. The zero-order valence-electron chi connectivity index (χ0n) is 14.1. The standard InChI is InChI=1S/C18H23BrN4O/c1-20-16(13-10-22-23(2)11-13)17(24)21-12-18(7-4-8-18)14-5-3-6-15(19)9-14/h3,5-6,9-11,16,20H,4,7-8,12H2,1-2H3,(H,21,24). The molecule has 1 aliphatic rings. The Bertz CT molecular complexity index is 723. The van der Waals surface area contributed by atoms with Gasteiger partial charge in [0.25, 0.3) is 0 Å². The van der Waals surface area contributed by atoms with Crippen LogP contribution in [0.1, 0.15) is 36.4 Å². The van der Waals surface area contributed by atoms with Crippen LogP contribution in [0.2, 0.25) is 0 Å². The summed E-state index contributed by atoms with van der Waals surface area (Å²) >= 11 is 3.55. The summed E-state index contributed by atoms with van der Waals surface area (Å²) in [6, 6.07) is 8.05. The second-order valence-corrected chi connectivity index (χ2v) is 7.45. The van der Waals surface area contributed by atoms with Crippen LogP contribution >= 0.6 is 15.9 Å². The second-order valence-electron chi connectivity index (χ2n) is 6.53. The normalized spacial score (nSPS) is 17.1. The Balaban J connectivity index is 1.70. The van der Waals surface area contributed by atoms with Crippen LogP contribution in [0.25, 0.3) is 0 Å². The van der Waals surface area contributed by atoms with Gasteiger partial charge >= 0.3 is 0 Å². The minimum Gasteiger partial charge on any atom is -0.354 e. The molecule has 24 heavy (non-hydrogen) atoms. The minimum absolute atomic E-state index is 0.00762. The summed E-state index contributed by atoms with van der Waals surface area (Å²) in [5.41, 5.74) is 2.24. The van der Waals surface area contributed by atoms with Crippen LogP contribution in [-0.4, -0.2) is 29.3 Å². The van der Waals surface area contributed by atoms with Gasteiger partial charge in [0.15, 0.2) is 0 Å². The Labute approximate surface area is 151 Å². The van der Waals surface area contributed by atoms with Gasteiger partial charge in [-0.3, -0.25) is 9.48 Å². The van der Waals surface area contributed by atoms with Crippen LogP contribution in [0, 0.1) is 0 Å². The molecule has 2 aromatic rings. The molecule has 1 saturated carbocycles. The molecule has 1 atom stereocenters. The van der Waals surface area contributed by atoms with Crippen LogP contribution in [-0.2, 0) is 17.3 Å². The minimum atomic E-state index is -0.377. The smallest absolute Gasteiger partial charge is 0.241 e. The maximum atomic E-state index is 12.6. The zero-order valence-corrected chi connectivity index (χ0v) is 15.6. The van der Waals surface area contributed by atoms with E-state index in [9.17, 15) is 4.79 Å². The Kier molecular flexibility index (Phi) is 5.06. The van der Waals surface area contributed by atoms with Crippen molar-refractivity contribution in [2.75, 3.05) is 13.6 Å². The van der Waals surface area contributed by atoms with Crippen molar-refractivity contribution in [3.63, 3.8) is 0 Å². The van der Waals surface area contributed by atoms with E-state index in [1.54, 1.807) is 17.9 Å². The fourth-order valence-corrected chi connectivity index (χ4v) is 3.79. The molecule has 0 saturated heterocycles. The van der Waals surface area contributed by atoms with E-state index in [-0.39, 0.29) is 17.4 Å². The highest BCUT2D eigenvalue weighted by atomic mass is 79.9. The molecule has 1 fully saturated rings. The largest absolute Gasteiger partial charge is 0.354 e. The highest BCUT2D eigenvalue weighted by molar-refractivity contribution is 9.10. The van der Waals surface area contributed by atoms with Gasteiger partial charge in [-0.2, -0.15) is 5.10 Å². The van der Waals surface area contributed by atoms with Crippen molar-refractivity contribution in [1.82, 2.24) is 20.4 Å². The molecule has 1 aromatic carbocycles. The first-order chi connectivity index (χ1) is 11.5. The van der Waals surface area contributed by atoms with Gasteiger partial charge in [0, 0.05) is 35.2 Å². The average molecular weight is 391 g/mol. The fourth-order valence-electron chi connectivity index (χ4n) is 3.39. The Morgan fingerprint density at radius 2 is 2.25 bits per heavy atom. The number of hydrogen-bond donors (Lipinski definition) is 2. The van der Waals surface area contributed by atoms with E-state index in [2.05, 4.69) is 49.9 Å². The van der Waals surface area contributed by atoms with Crippen LogP contribution in [0.3, 0.4) is 0 Å². The molecule has 128 valence electrons. The monoisotopic (exact) mass is 390 g/mol. The lowest BCUT2D eigenvalue weighted by molar-refractivity contribution is -0.123. The van der Waals surface area contributed by atoms with Crippen molar-refractivity contribution in [2.24, 2.45) is 7.05 Å². The molecule has 1 aromatic heterocycles. The molecule has 1 amide bonds. The molecule has 6 heteroatoms. The molecule has 0 bridgehead atoms. The van der Waals surface area contributed by atoms with E-state index in [1.807, 2.05) is 19.3 Å². The number of amides is 1. The number of rotatable bonds is 6. The maximum absolute atomic E-state index is 12.6. The van der Waals surface area contributed by atoms with Gasteiger partial charge in [0.05, 0.1) is 6.20 Å². The molecule has 1 unspecified atom stereocenters. The van der Waals surface area contributed by atoms with Gasteiger partial charge in [-0.1, -0.05) is 34.5 Å². The number of aromatic nitrogens is 2. The number of aryl methyl sites for hydroxylation is 1. The van der Waals surface area contributed by atoms with Gasteiger partial charge in [0.2, 0.25) is 5.91 Å². The molecular weight excluding hydrogens is 368 g/mol. The lowest BCUT2D eigenvalue weighted by Crippen LogP contribution is -2.47. The van der Waals surface area contributed by atoms with Crippen LogP contribution in [0.4, 0.5) is 0 Å². The third kappa shape index (κ3) is 3.39. The Morgan fingerprint density at radius 3 is 2.79 bits per heavy atom. The summed E-state index contributed by atoms with van der Waals surface area (Å²) in [6.45, 7) is 0.667. The highest BCUT2D eigenvalue weighted by Crippen LogP contribution is 2.43. The number of benzene rings is 1. The van der Waals surface area contributed by atoms with E-state index in [0.717, 1.165) is 22.9 Å². The van der Waals surface area contributed by atoms with Gasteiger partial charge in [-0.25, -0.2) is 0 Å². The first kappa shape index (κ1) is 17.2. The third-order valence-electron chi connectivity index (χ3n) is 4.96. The summed E-state index contributed by atoms with van der Waals surface area (Å²) in [4.78, 5) is 12.6. The molecular formula is C18H23BrN4O. The first-order valence-corrected chi connectivity index (χ1v) is 9.03.